The van der Waals surface area contributed by atoms with Gasteiger partial charge in [0, 0.05) is 55.4 Å². The van der Waals surface area contributed by atoms with Gasteiger partial charge in [0.1, 0.15) is 12.4 Å². The standard InChI is InChI=1S/C28H36N6O/c1-32-15-5-9-22(32)20-35-28-30-25-19-34(26-12-4-8-21-7-2-3-10-23(21)26)16-6-11-24(25)27(31-28)33-17-13-29-14-18-33/h2-4,7-8,10,12,22,29H,5-6,9,11,13-20H2,1H3/t22-/m0/s1. The van der Waals surface area contributed by atoms with Gasteiger partial charge in [0.15, 0.2) is 0 Å². The first-order chi connectivity index (χ1) is 17.3. The number of hydrogen-bond acceptors (Lipinski definition) is 7. The van der Waals surface area contributed by atoms with Crippen LogP contribution >= 0.6 is 0 Å². The molecule has 3 aliphatic heterocycles. The van der Waals surface area contributed by atoms with E-state index in [4.69, 9.17) is 14.7 Å². The summed E-state index contributed by atoms with van der Waals surface area (Å²) in [6.45, 7) is 7.52. The Morgan fingerprint density at radius 1 is 0.943 bits per heavy atom. The van der Waals surface area contributed by atoms with E-state index in [2.05, 4.69) is 69.5 Å². The van der Waals surface area contributed by atoms with Crippen LogP contribution in [0.1, 0.15) is 30.5 Å². The predicted octanol–water partition coefficient (Wildman–Crippen LogP) is 3.47. The van der Waals surface area contributed by atoms with Gasteiger partial charge in [0.05, 0.1) is 12.2 Å². The number of benzene rings is 2. The fraction of sp³-hybridized carbons (Fsp3) is 0.500. The summed E-state index contributed by atoms with van der Waals surface area (Å²) in [7, 11) is 2.19. The molecule has 2 saturated heterocycles. The van der Waals surface area contributed by atoms with Crippen LogP contribution in [0.5, 0.6) is 6.01 Å². The SMILES string of the molecule is CN1CCC[C@H]1COc1nc2c(c(N3CCNCC3)n1)CCCN(c1cccc3ccccc13)C2. The van der Waals surface area contributed by atoms with E-state index < -0.39 is 0 Å². The van der Waals surface area contributed by atoms with Crippen LogP contribution in [0.2, 0.25) is 0 Å². The van der Waals surface area contributed by atoms with Gasteiger partial charge < -0.3 is 24.8 Å². The lowest BCUT2D eigenvalue weighted by atomic mass is 10.1. The van der Waals surface area contributed by atoms with Crippen molar-refractivity contribution in [1.82, 2.24) is 20.2 Å². The number of fused-ring (bicyclic) bond motifs is 2. The molecule has 184 valence electrons. The second-order valence-electron chi connectivity index (χ2n) is 10.1. The molecule has 0 spiro atoms. The average Bonchev–Trinajstić information content (AvgIpc) is 3.19. The molecule has 2 fully saturated rings. The zero-order chi connectivity index (χ0) is 23.6. The van der Waals surface area contributed by atoms with Crippen molar-refractivity contribution in [3.63, 3.8) is 0 Å². The molecule has 3 aromatic rings. The predicted molar refractivity (Wildman–Crippen MR) is 142 cm³/mol. The molecule has 0 saturated carbocycles. The Balaban J connectivity index is 1.34. The first-order valence-electron chi connectivity index (χ1n) is 13.2. The molecule has 35 heavy (non-hydrogen) atoms. The molecule has 0 aliphatic carbocycles. The lowest BCUT2D eigenvalue weighted by Crippen LogP contribution is -2.44. The molecule has 3 aliphatic rings. The van der Waals surface area contributed by atoms with Gasteiger partial charge in [-0.15, -0.1) is 0 Å². The van der Waals surface area contributed by atoms with Crippen molar-refractivity contribution in [3.05, 3.63) is 53.7 Å². The zero-order valence-corrected chi connectivity index (χ0v) is 20.7. The summed E-state index contributed by atoms with van der Waals surface area (Å²) in [5.74, 6) is 1.09. The van der Waals surface area contributed by atoms with Crippen molar-refractivity contribution in [1.29, 1.82) is 0 Å². The minimum atomic E-state index is 0.451. The van der Waals surface area contributed by atoms with Gasteiger partial charge in [0.2, 0.25) is 0 Å². The third-order valence-corrected chi connectivity index (χ3v) is 7.85. The normalized spacial score (nSPS) is 21.2. The van der Waals surface area contributed by atoms with Crippen molar-refractivity contribution in [2.45, 2.75) is 38.3 Å². The largest absolute Gasteiger partial charge is 0.462 e. The zero-order valence-electron chi connectivity index (χ0n) is 20.7. The molecule has 7 heteroatoms. The Morgan fingerprint density at radius 2 is 1.80 bits per heavy atom. The summed E-state index contributed by atoms with van der Waals surface area (Å²) >= 11 is 0. The maximum absolute atomic E-state index is 6.29. The first kappa shape index (κ1) is 22.6. The van der Waals surface area contributed by atoms with E-state index in [9.17, 15) is 0 Å². The van der Waals surface area contributed by atoms with Crippen LogP contribution in [0.15, 0.2) is 42.5 Å². The van der Waals surface area contributed by atoms with E-state index in [-0.39, 0.29) is 0 Å². The Labute approximate surface area is 208 Å². The number of aromatic nitrogens is 2. The third kappa shape index (κ3) is 4.67. The quantitative estimate of drug-likeness (QED) is 0.610. The number of likely N-dealkylation sites (N-methyl/N-ethyl adjacent to an activating group) is 1. The fourth-order valence-electron chi connectivity index (χ4n) is 5.84. The molecule has 0 radical (unpaired) electrons. The average molecular weight is 473 g/mol. The van der Waals surface area contributed by atoms with Crippen molar-refractivity contribution in [2.75, 3.05) is 62.7 Å². The van der Waals surface area contributed by atoms with Gasteiger partial charge >= 0.3 is 6.01 Å². The number of likely N-dealkylation sites (tertiary alicyclic amines) is 1. The van der Waals surface area contributed by atoms with Crippen LogP contribution in [-0.4, -0.2) is 73.8 Å². The van der Waals surface area contributed by atoms with Gasteiger partial charge in [-0.3, -0.25) is 0 Å². The molecule has 7 nitrogen and oxygen atoms in total. The van der Waals surface area contributed by atoms with Crippen molar-refractivity contribution in [2.24, 2.45) is 0 Å². The highest BCUT2D eigenvalue weighted by Gasteiger charge is 2.27. The number of piperazine rings is 1. The van der Waals surface area contributed by atoms with Gasteiger partial charge in [-0.2, -0.15) is 9.97 Å². The fourth-order valence-corrected chi connectivity index (χ4v) is 5.84. The minimum absolute atomic E-state index is 0.451. The van der Waals surface area contributed by atoms with Crippen LogP contribution in [0.25, 0.3) is 10.8 Å². The highest BCUT2D eigenvalue weighted by Crippen LogP contribution is 2.33. The smallest absolute Gasteiger partial charge is 0.318 e. The lowest BCUT2D eigenvalue weighted by Gasteiger charge is -2.31. The van der Waals surface area contributed by atoms with Crippen LogP contribution in [0.3, 0.4) is 0 Å². The van der Waals surface area contributed by atoms with Crippen LogP contribution in [0.4, 0.5) is 11.5 Å². The summed E-state index contributed by atoms with van der Waals surface area (Å²) in [6.07, 6.45) is 4.51. The Morgan fingerprint density at radius 3 is 2.66 bits per heavy atom. The van der Waals surface area contributed by atoms with E-state index in [1.165, 1.54) is 34.9 Å². The van der Waals surface area contributed by atoms with E-state index in [1.807, 2.05) is 0 Å². The molecule has 0 unspecified atom stereocenters. The van der Waals surface area contributed by atoms with Gasteiger partial charge in [-0.05, 0) is 50.7 Å². The number of nitrogens with one attached hydrogen (secondary N) is 1. The van der Waals surface area contributed by atoms with E-state index in [1.54, 1.807) is 0 Å². The van der Waals surface area contributed by atoms with Crippen LogP contribution < -0.4 is 19.9 Å². The number of hydrogen-bond donors (Lipinski definition) is 1. The van der Waals surface area contributed by atoms with Crippen LogP contribution in [-0.2, 0) is 13.0 Å². The summed E-state index contributed by atoms with van der Waals surface area (Å²) in [5, 5.41) is 6.06. The molecule has 6 rings (SSSR count). The van der Waals surface area contributed by atoms with Crippen molar-refractivity contribution < 1.29 is 4.74 Å². The van der Waals surface area contributed by atoms with Gasteiger partial charge in [-0.1, -0.05) is 36.4 Å². The molecule has 1 atom stereocenters. The van der Waals surface area contributed by atoms with E-state index >= 15 is 0 Å². The van der Waals surface area contributed by atoms with Crippen LogP contribution in [0, 0.1) is 0 Å². The highest BCUT2D eigenvalue weighted by molar-refractivity contribution is 5.94. The third-order valence-electron chi connectivity index (χ3n) is 7.85. The minimum Gasteiger partial charge on any atom is -0.462 e. The molecule has 1 aromatic heterocycles. The van der Waals surface area contributed by atoms with E-state index in [0.717, 1.165) is 70.2 Å². The maximum Gasteiger partial charge on any atom is 0.318 e. The second kappa shape index (κ2) is 9.99. The number of anilines is 2. The lowest BCUT2D eigenvalue weighted by molar-refractivity contribution is 0.187. The Kier molecular flexibility index (Phi) is 6.44. The topological polar surface area (TPSA) is 56.8 Å². The summed E-state index contributed by atoms with van der Waals surface area (Å²) in [6, 6.07) is 16.3. The Hall–Kier alpha value is -2.90. The monoisotopic (exact) mass is 472 g/mol. The Bertz CT molecular complexity index is 1170. The van der Waals surface area contributed by atoms with Gasteiger partial charge in [0.25, 0.3) is 0 Å². The number of ether oxygens (including phenoxy) is 1. The van der Waals surface area contributed by atoms with E-state index in [0.29, 0.717) is 18.7 Å². The molecule has 0 amide bonds. The molecular weight excluding hydrogens is 436 g/mol. The summed E-state index contributed by atoms with van der Waals surface area (Å²) in [5.41, 5.74) is 3.71. The highest BCUT2D eigenvalue weighted by atomic mass is 16.5. The molecule has 0 bridgehead atoms. The first-order valence-corrected chi connectivity index (χ1v) is 13.2. The molecule has 2 aromatic carbocycles. The maximum atomic E-state index is 6.29. The summed E-state index contributed by atoms with van der Waals surface area (Å²) < 4.78 is 6.29. The number of rotatable bonds is 5. The molecular formula is C28H36N6O. The van der Waals surface area contributed by atoms with Crippen molar-refractivity contribution >= 4 is 22.3 Å². The van der Waals surface area contributed by atoms with Gasteiger partial charge in [-0.25, -0.2) is 0 Å². The molecule has 1 N–H and O–H groups in total. The number of nitrogens with zero attached hydrogens (tertiary/aromatic N) is 5. The molecule has 4 heterocycles. The second-order valence-corrected chi connectivity index (χ2v) is 10.1. The van der Waals surface area contributed by atoms with Crippen molar-refractivity contribution in [3.8, 4) is 6.01 Å². The summed E-state index contributed by atoms with van der Waals surface area (Å²) in [4.78, 5) is 17.4.